The summed E-state index contributed by atoms with van der Waals surface area (Å²) in [5.41, 5.74) is 1.27. The van der Waals surface area contributed by atoms with Gasteiger partial charge in [0.25, 0.3) is 0 Å². The fourth-order valence-corrected chi connectivity index (χ4v) is 3.20. The number of aliphatic imine (C=N–C) groups is 1. The van der Waals surface area contributed by atoms with E-state index in [0.29, 0.717) is 21.9 Å². The summed E-state index contributed by atoms with van der Waals surface area (Å²) < 4.78 is 39.6. The highest BCUT2D eigenvalue weighted by Gasteiger charge is 2.31. The van der Waals surface area contributed by atoms with Gasteiger partial charge in [0.15, 0.2) is 0 Å². The summed E-state index contributed by atoms with van der Waals surface area (Å²) in [5, 5.41) is 8.69. The molecule has 0 radical (unpaired) electrons. The Hall–Kier alpha value is -2.81. The fraction of sp³-hybridized carbons (Fsp3) is 0.250. The molecule has 2 rings (SSSR count). The zero-order valence-electron chi connectivity index (χ0n) is 16.3. The minimum Gasteiger partial charge on any atom is -0.399 e. The van der Waals surface area contributed by atoms with Crippen molar-refractivity contribution < 1.29 is 22.8 Å². The third-order valence-corrected chi connectivity index (χ3v) is 4.63. The molecular formula is C20H20F3N3O2S. The van der Waals surface area contributed by atoms with E-state index in [0.717, 1.165) is 12.1 Å². The molecule has 0 bridgehead atoms. The van der Waals surface area contributed by atoms with Crippen LogP contribution in [0.4, 0.5) is 13.2 Å². The predicted octanol–water partition coefficient (Wildman–Crippen LogP) is 4.85. The summed E-state index contributed by atoms with van der Waals surface area (Å²) in [6.07, 6.45) is -2.63. The molecule has 0 aromatic heterocycles. The highest BCUT2D eigenvalue weighted by Crippen LogP contribution is 2.30. The van der Waals surface area contributed by atoms with Gasteiger partial charge in [0.2, 0.25) is 0 Å². The molecule has 0 aliphatic rings. The standard InChI is InChI=1S/C20H20F3N3O2S/c1-24-19(29-4)18(26-28-3)16-11-6-5-10-15(16)17(25-27-2)13-8-7-9-14(12-13)20(21,22)23/h5-12H,1-4H3. The minimum atomic E-state index is -4.47. The van der Waals surface area contributed by atoms with Crippen molar-refractivity contribution in [1.29, 1.82) is 0 Å². The lowest BCUT2D eigenvalue weighted by Crippen LogP contribution is -2.18. The molecule has 0 aliphatic carbocycles. The van der Waals surface area contributed by atoms with Crippen molar-refractivity contribution in [2.24, 2.45) is 15.3 Å². The van der Waals surface area contributed by atoms with Crippen molar-refractivity contribution in [3.05, 3.63) is 70.8 Å². The SMILES string of the molecule is CN=C(SC)C(=NOC)c1ccccc1C(=NOC)c1cccc(C(F)(F)F)c1. The molecule has 0 unspecified atom stereocenters. The van der Waals surface area contributed by atoms with Gasteiger partial charge in [-0.3, -0.25) is 4.99 Å². The van der Waals surface area contributed by atoms with Crippen molar-refractivity contribution in [3.8, 4) is 0 Å². The van der Waals surface area contributed by atoms with Crippen LogP contribution in [0.2, 0.25) is 0 Å². The van der Waals surface area contributed by atoms with Gasteiger partial charge in [0.1, 0.15) is 30.7 Å². The van der Waals surface area contributed by atoms with Gasteiger partial charge < -0.3 is 9.68 Å². The Morgan fingerprint density at radius 1 is 0.931 bits per heavy atom. The van der Waals surface area contributed by atoms with Crippen LogP contribution in [0, 0.1) is 0 Å². The number of oxime groups is 2. The Kier molecular flexibility index (Phi) is 7.83. The van der Waals surface area contributed by atoms with Crippen molar-refractivity contribution in [2.45, 2.75) is 6.18 Å². The molecule has 0 spiro atoms. The van der Waals surface area contributed by atoms with Gasteiger partial charge in [-0.1, -0.05) is 46.7 Å². The first-order valence-corrected chi connectivity index (χ1v) is 9.60. The van der Waals surface area contributed by atoms with E-state index in [1.165, 1.54) is 32.0 Å². The average molecular weight is 423 g/mol. The summed E-state index contributed by atoms with van der Waals surface area (Å²) in [6, 6.07) is 12.0. The summed E-state index contributed by atoms with van der Waals surface area (Å²) in [7, 11) is 4.37. The largest absolute Gasteiger partial charge is 0.416 e. The van der Waals surface area contributed by atoms with Crippen molar-refractivity contribution >= 4 is 28.2 Å². The van der Waals surface area contributed by atoms with Crippen LogP contribution in [-0.2, 0) is 15.9 Å². The number of nitrogens with zero attached hydrogens (tertiary/aromatic N) is 3. The lowest BCUT2D eigenvalue weighted by Gasteiger charge is -2.15. The maximum atomic E-state index is 13.2. The van der Waals surface area contributed by atoms with Crippen molar-refractivity contribution in [1.82, 2.24) is 0 Å². The number of benzene rings is 2. The van der Waals surface area contributed by atoms with Gasteiger partial charge in [-0.25, -0.2) is 0 Å². The molecule has 0 saturated carbocycles. The Bertz CT molecular complexity index is 941. The quantitative estimate of drug-likeness (QED) is 0.379. The predicted molar refractivity (Wildman–Crippen MR) is 111 cm³/mol. The number of alkyl halides is 3. The number of thioether (sulfide) groups is 1. The third kappa shape index (κ3) is 5.38. The Balaban J connectivity index is 2.72. The molecule has 0 N–H and O–H groups in total. The van der Waals surface area contributed by atoms with Crippen LogP contribution in [0.15, 0.2) is 63.8 Å². The maximum absolute atomic E-state index is 13.2. The zero-order chi connectivity index (χ0) is 21.4. The van der Waals surface area contributed by atoms with Gasteiger partial charge >= 0.3 is 6.18 Å². The molecule has 2 aromatic rings. The summed E-state index contributed by atoms with van der Waals surface area (Å²) in [6.45, 7) is 0. The first kappa shape index (κ1) is 22.5. The minimum absolute atomic E-state index is 0.231. The first-order valence-electron chi connectivity index (χ1n) is 8.38. The van der Waals surface area contributed by atoms with Crippen LogP contribution >= 0.6 is 11.8 Å². The van der Waals surface area contributed by atoms with E-state index in [-0.39, 0.29) is 11.3 Å². The fourth-order valence-electron chi connectivity index (χ4n) is 2.68. The van der Waals surface area contributed by atoms with E-state index in [9.17, 15) is 13.2 Å². The molecule has 0 amide bonds. The molecule has 0 saturated heterocycles. The second-order valence-corrected chi connectivity index (χ2v) is 6.40. The normalized spacial score (nSPS) is 13.4. The molecular weight excluding hydrogens is 403 g/mol. The molecule has 5 nitrogen and oxygen atoms in total. The van der Waals surface area contributed by atoms with E-state index >= 15 is 0 Å². The summed E-state index contributed by atoms with van der Waals surface area (Å²) in [4.78, 5) is 14.1. The molecule has 154 valence electrons. The number of hydrogen-bond acceptors (Lipinski definition) is 6. The van der Waals surface area contributed by atoms with Crippen LogP contribution in [0.5, 0.6) is 0 Å². The van der Waals surface area contributed by atoms with Gasteiger partial charge in [0.05, 0.1) is 5.56 Å². The molecule has 0 fully saturated rings. The highest BCUT2D eigenvalue weighted by molar-refractivity contribution is 8.15. The van der Waals surface area contributed by atoms with Crippen LogP contribution in [0.3, 0.4) is 0 Å². The molecule has 0 aliphatic heterocycles. The lowest BCUT2D eigenvalue weighted by molar-refractivity contribution is -0.137. The highest BCUT2D eigenvalue weighted by atomic mass is 32.2. The zero-order valence-corrected chi connectivity index (χ0v) is 17.1. The monoisotopic (exact) mass is 423 g/mol. The lowest BCUT2D eigenvalue weighted by atomic mass is 9.94. The smallest absolute Gasteiger partial charge is 0.399 e. The molecule has 0 heterocycles. The van der Waals surface area contributed by atoms with Gasteiger partial charge in [0, 0.05) is 23.7 Å². The molecule has 29 heavy (non-hydrogen) atoms. The third-order valence-electron chi connectivity index (χ3n) is 3.86. The topological polar surface area (TPSA) is 55.5 Å². The van der Waals surface area contributed by atoms with E-state index in [4.69, 9.17) is 9.68 Å². The molecule has 0 atom stereocenters. The average Bonchev–Trinajstić information content (AvgIpc) is 2.72. The van der Waals surface area contributed by atoms with E-state index < -0.39 is 11.7 Å². The van der Waals surface area contributed by atoms with Gasteiger partial charge in [-0.05, 0) is 18.4 Å². The Labute approximate surface area is 171 Å². The van der Waals surface area contributed by atoms with E-state index in [2.05, 4.69) is 15.3 Å². The second kappa shape index (κ2) is 10.1. The number of rotatable bonds is 6. The van der Waals surface area contributed by atoms with Gasteiger partial charge in [-0.15, -0.1) is 11.8 Å². The van der Waals surface area contributed by atoms with Crippen molar-refractivity contribution in [2.75, 3.05) is 27.5 Å². The van der Waals surface area contributed by atoms with E-state index in [1.807, 2.05) is 6.26 Å². The van der Waals surface area contributed by atoms with Crippen LogP contribution in [-0.4, -0.2) is 44.0 Å². The second-order valence-electron chi connectivity index (χ2n) is 5.60. The summed E-state index contributed by atoms with van der Waals surface area (Å²) >= 11 is 1.37. The summed E-state index contributed by atoms with van der Waals surface area (Å²) in [5.74, 6) is 0. The Morgan fingerprint density at radius 3 is 2.14 bits per heavy atom. The van der Waals surface area contributed by atoms with E-state index in [1.54, 1.807) is 37.4 Å². The number of halogens is 3. The molecule has 9 heteroatoms. The molecule has 2 aromatic carbocycles. The van der Waals surface area contributed by atoms with Crippen molar-refractivity contribution in [3.63, 3.8) is 0 Å². The number of hydrogen-bond donors (Lipinski definition) is 0. The Morgan fingerprint density at radius 2 is 1.59 bits per heavy atom. The van der Waals surface area contributed by atoms with Crippen LogP contribution < -0.4 is 0 Å². The van der Waals surface area contributed by atoms with Gasteiger partial charge in [-0.2, -0.15) is 13.2 Å². The maximum Gasteiger partial charge on any atom is 0.416 e. The first-order chi connectivity index (χ1) is 13.9. The van der Waals surface area contributed by atoms with Crippen LogP contribution in [0.1, 0.15) is 22.3 Å². The van der Waals surface area contributed by atoms with Crippen LogP contribution in [0.25, 0.3) is 0 Å².